The molecular formula is C22H22FN5O3. The average Bonchev–Trinajstić information content (AvgIpc) is 3.11. The lowest BCUT2D eigenvalue weighted by Crippen LogP contribution is -2.24. The first kappa shape index (κ1) is 21.6. The van der Waals surface area contributed by atoms with E-state index in [1.807, 2.05) is 0 Å². The summed E-state index contributed by atoms with van der Waals surface area (Å²) in [7, 11) is 3.03. The second kappa shape index (κ2) is 9.63. The molecule has 0 radical (unpaired) electrons. The van der Waals surface area contributed by atoms with Crippen LogP contribution >= 0.6 is 0 Å². The highest BCUT2D eigenvalue weighted by atomic mass is 19.1. The number of ether oxygens (including phenoxy) is 2. The number of carbonyl (C=O) groups excluding carboxylic acids is 1. The van der Waals surface area contributed by atoms with E-state index in [0.717, 1.165) is 0 Å². The number of amides is 1. The lowest BCUT2D eigenvalue weighted by molar-refractivity contribution is 0.0952. The van der Waals surface area contributed by atoms with E-state index in [-0.39, 0.29) is 23.1 Å². The van der Waals surface area contributed by atoms with Crippen molar-refractivity contribution in [2.75, 3.05) is 26.5 Å². The molecule has 0 spiro atoms. The Kier molecular flexibility index (Phi) is 6.72. The van der Waals surface area contributed by atoms with Gasteiger partial charge in [-0.2, -0.15) is 10.4 Å². The number of rotatable bonds is 8. The van der Waals surface area contributed by atoms with Gasteiger partial charge in [0, 0.05) is 12.1 Å². The van der Waals surface area contributed by atoms with Crippen LogP contribution in [0.3, 0.4) is 0 Å². The molecule has 0 saturated carbocycles. The molecular weight excluding hydrogens is 401 g/mol. The highest BCUT2D eigenvalue weighted by Crippen LogP contribution is 2.27. The van der Waals surface area contributed by atoms with Gasteiger partial charge in [-0.05, 0) is 55.3 Å². The highest BCUT2D eigenvalue weighted by Gasteiger charge is 2.17. The van der Waals surface area contributed by atoms with Crippen LogP contribution in [0.1, 0.15) is 28.0 Å². The third kappa shape index (κ3) is 4.75. The molecule has 0 aliphatic carbocycles. The normalized spacial score (nSPS) is 10.4. The molecule has 9 heteroatoms. The van der Waals surface area contributed by atoms with E-state index in [4.69, 9.17) is 15.2 Å². The monoisotopic (exact) mass is 423 g/mol. The molecule has 1 aromatic heterocycles. The minimum atomic E-state index is -0.375. The van der Waals surface area contributed by atoms with E-state index in [1.54, 1.807) is 18.2 Å². The molecule has 2 aromatic carbocycles. The Balaban J connectivity index is 1.63. The number of hydrogen-bond acceptors (Lipinski definition) is 6. The van der Waals surface area contributed by atoms with Crippen molar-refractivity contribution in [1.82, 2.24) is 15.1 Å². The van der Waals surface area contributed by atoms with Crippen LogP contribution in [0.2, 0.25) is 0 Å². The molecule has 0 atom stereocenters. The Morgan fingerprint density at radius 3 is 2.55 bits per heavy atom. The van der Waals surface area contributed by atoms with Gasteiger partial charge in [-0.15, -0.1) is 0 Å². The molecule has 3 N–H and O–H groups in total. The van der Waals surface area contributed by atoms with Gasteiger partial charge in [-0.1, -0.05) is 0 Å². The number of nitriles is 1. The number of carbonyl (C=O) groups is 1. The number of anilines is 1. The third-order valence-corrected chi connectivity index (χ3v) is 4.70. The number of hydrogen-bond donors (Lipinski definition) is 2. The van der Waals surface area contributed by atoms with Crippen LogP contribution in [-0.4, -0.2) is 36.5 Å². The molecule has 3 rings (SSSR count). The minimum absolute atomic E-state index is 0.193. The molecule has 0 aliphatic rings. The summed E-state index contributed by atoms with van der Waals surface area (Å²) in [6.45, 7) is 0.376. The largest absolute Gasteiger partial charge is 0.493 e. The zero-order valence-electron chi connectivity index (χ0n) is 17.2. The van der Waals surface area contributed by atoms with E-state index >= 15 is 0 Å². The molecule has 0 unspecified atom stereocenters. The Labute approximate surface area is 179 Å². The van der Waals surface area contributed by atoms with E-state index in [1.165, 1.54) is 43.2 Å². The van der Waals surface area contributed by atoms with Gasteiger partial charge in [0.2, 0.25) is 0 Å². The van der Waals surface area contributed by atoms with Crippen molar-refractivity contribution in [1.29, 1.82) is 5.26 Å². The Morgan fingerprint density at radius 1 is 1.19 bits per heavy atom. The molecule has 0 aliphatic heterocycles. The molecule has 160 valence electrons. The average molecular weight is 423 g/mol. The summed E-state index contributed by atoms with van der Waals surface area (Å²) in [4.78, 5) is 12.4. The van der Waals surface area contributed by atoms with Gasteiger partial charge in [-0.25, -0.2) is 9.07 Å². The first-order valence-electron chi connectivity index (χ1n) is 9.52. The van der Waals surface area contributed by atoms with Crippen LogP contribution < -0.4 is 20.5 Å². The number of nitrogen functional groups attached to an aromatic ring is 1. The van der Waals surface area contributed by atoms with Crippen molar-refractivity contribution in [2.24, 2.45) is 0 Å². The Bertz CT molecular complexity index is 1120. The van der Waals surface area contributed by atoms with Crippen molar-refractivity contribution < 1.29 is 18.7 Å². The summed E-state index contributed by atoms with van der Waals surface area (Å²) >= 11 is 0. The zero-order chi connectivity index (χ0) is 22.4. The number of nitrogens with zero attached hydrogens (tertiary/aromatic N) is 3. The van der Waals surface area contributed by atoms with E-state index in [9.17, 15) is 14.4 Å². The van der Waals surface area contributed by atoms with Gasteiger partial charge in [0.15, 0.2) is 11.5 Å². The number of benzene rings is 2. The van der Waals surface area contributed by atoms with Crippen LogP contribution in [0.25, 0.3) is 5.69 Å². The van der Waals surface area contributed by atoms with Crippen LogP contribution in [-0.2, 0) is 6.42 Å². The fourth-order valence-electron chi connectivity index (χ4n) is 3.09. The Morgan fingerprint density at radius 2 is 1.90 bits per heavy atom. The number of aryl methyl sites for hydroxylation is 1. The highest BCUT2D eigenvalue weighted by molar-refractivity contribution is 5.94. The van der Waals surface area contributed by atoms with Crippen LogP contribution in [0.5, 0.6) is 11.5 Å². The van der Waals surface area contributed by atoms with E-state index in [2.05, 4.69) is 16.5 Å². The van der Waals surface area contributed by atoms with Crippen molar-refractivity contribution >= 4 is 11.7 Å². The zero-order valence-corrected chi connectivity index (χ0v) is 17.2. The van der Waals surface area contributed by atoms with Crippen molar-refractivity contribution in [3.8, 4) is 23.3 Å². The molecule has 3 aromatic rings. The predicted octanol–water partition coefficient (Wildman–Crippen LogP) is 2.85. The van der Waals surface area contributed by atoms with Crippen LogP contribution in [0.4, 0.5) is 10.2 Å². The summed E-state index contributed by atoms with van der Waals surface area (Å²) in [6.07, 6.45) is 0.987. The van der Waals surface area contributed by atoms with Crippen molar-refractivity contribution in [3.05, 3.63) is 65.1 Å². The van der Waals surface area contributed by atoms with Gasteiger partial charge in [-0.3, -0.25) is 4.79 Å². The summed E-state index contributed by atoms with van der Waals surface area (Å²) in [5, 5.41) is 16.7. The van der Waals surface area contributed by atoms with Gasteiger partial charge in [0.25, 0.3) is 5.91 Å². The number of nitrogens with two attached hydrogens (primary N) is 1. The van der Waals surface area contributed by atoms with Gasteiger partial charge in [0.05, 0.1) is 25.6 Å². The SMILES string of the molecule is COc1ccc(C(=O)NCCCc2nn(-c3ccc(F)cc3)c(N)c2C#N)cc1OC. The summed E-state index contributed by atoms with van der Waals surface area (Å²) < 4.78 is 25.0. The maximum absolute atomic E-state index is 13.2. The third-order valence-electron chi connectivity index (χ3n) is 4.70. The smallest absolute Gasteiger partial charge is 0.251 e. The molecule has 1 heterocycles. The van der Waals surface area contributed by atoms with Gasteiger partial charge < -0.3 is 20.5 Å². The van der Waals surface area contributed by atoms with E-state index in [0.29, 0.717) is 47.8 Å². The maximum Gasteiger partial charge on any atom is 0.251 e. The number of nitrogens with one attached hydrogen (secondary N) is 1. The number of methoxy groups -OCH3 is 2. The molecule has 1 amide bonds. The summed E-state index contributed by atoms with van der Waals surface area (Å²) in [6, 6.07) is 12.7. The summed E-state index contributed by atoms with van der Waals surface area (Å²) in [5.41, 5.74) is 7.85. The lowest BCUT2D eigenvalue weighted by atomic mass is 10.1. The first-order chi connectivity index (χ1) is 15.0. The number of aromatic nitrogens is 2. The Hall–Kier alpha value is -4.06. The van der Waals surface area contributed by atoms with Crippen molar-refractivity contribution in [3.63, 3.8) is 0 Å². The van der Waals surface area contributed by atoms with Crippen molar-refractivity contribution in [2.45, 2.75) is 12.8 Å². The quantitative estimate of drug-likeness (QED) is 0.539. The maximum atomic E-state index is 13.2. The van der Waals surface area contributed by atoms with Crippen LogP contribution in [0.15, 0.2) is 42.5 Å². The molecule has 0 bridgehead atoms. The van der Waals surface area contributed by atoms with E-state index < -0.39 is 0 Å². The predicted molar refractivity (Wildman–Crippen MR) is 113 cm³/mol. The van der Waals surface area contributed by atoms with Crippen LogP contribution in [0, 0.1) is 17.1 Å². The molecule has 8 nitrogen and oxygen atoms in total. The first-order valence-corrected chi connectivity index (χ1v) is 9.52. The second-order valence-corrected chi connectivity index (χ2v) is 6.64. The lowest BCUT2D eigenvalue weighted by Gasteiger charge is -2.10. The number of halogens is 1. The fourth-order valence-corrected chi connectivity index (χ4v) is 3.09. The standard InChI is InChI=1S/C22H22FN5O3/c1-30-19-10-5-14(12-20(19)31-2)22(29)26-11-3-4-18-17(13-24)21(25)28(27-18)16-8-6-15(23)7-9-16/h5-10,12H,3-4,11,25H2,1-2H3,(H,26,29). The molecule has 31 heavy (non-hydrogen) atoms. The summed E-state index contributed by atoms with van der Waals surface area (Å²) in [5.74, 6) is 0.574. The second-order valence-electron chi connectivity index (χ2n) is 6.64. The molecule has 0 saturated heterocycles. The molecule has 0 fully saturated rings. The topological polar surface area (TPSA) is 115 Å². The minimum Gasteiger partial charge on any atom is -0.493 e. The van der Waals surface area contributed by atoms with Gasteiger partial charge >= 0.3 is 0 Å². The van der Waals surface area contributed by atoms with Gasteiger partial charge in [0.1, 0.15) is 23.3 Å². The fraction of sp³-hybridized carbons (Fsp3) is 0.227.